The van der Waals surface area contributed by atoms with Crippen LogP contribution in [0.2, 0.25) is 0 Å². The average molecular weight is 266 g/mol. The van der Waals surface area contributed by atoms with Gasteiger partial charge in [-0.05, 0) is 33.1 Å². The first kappa shape index (κ1) is 14.4. The molecule has 0 spiro atoms. The summed E-state index contributed by atoms with van der Waals surface area (Å²) in [6.07, 6.45) is 5.94. The third kappa shape index (κ3) is 3.28. The SMILES string of the molecule is CCC(C)(C)NC(=O)[C@H]1CC(=O)N(C2CCCC2)C1. The van der Waals surface area contributed by atoms with E-state index in [4.69, 9.17) is 0 Å². The van der Waals surface area contributed by atoms with Gasteiger partial charge in [0.1, 0.15) is 0 Å². The molecule has 0 aromatic carbocycles. The molecule has 1 heterocycles. The maximum atomic E-state index is 12.2. The molecule has 2 aliphatic rings. The topological polar surface area (TPSA) is 49.4 Å². The number of carbonyl (C=O) groups is 2. The zero-order valence-corrected chi connectivity index (χ0v) is 12.4. The fourth-order valence-corrected chi connectivity index (χ4v) is 3.00. The summed E-state index contributed by atoms with van der Waals surface area (Å²) in [5.41, 5.74) is -0.180. The normalized spacial score (nSPS) is 25.1. The Hall–Kier alpha value is -1.06. The molecule has 0 bridgehead atoms. The monoisotopic (exact) mass is 266 g/mol. The van der Waals surface area contributed by atoms with Gasteiger partial charge in [-0.2, -0.15) is 0 Å². The highest BCUT2D eigenvalue weighted by Crippen LogP contribution is 2.29. The van der Waals surface area contributed by atoms with Crippen LogP contribution in [0.3, 0.4) is 0 Å². The lowest BCUT2D eigenvalue weighted by atomic mass is 9.99. The maximum absolute atomic E-state index is 12.2. The quantitative estimate of drug-likeness (QED) is 0.847. The number of carbonyl (C=O) groups excluding carboxylic acids is 2. The van der Waals surface area contributed by atoms with Crippen molar-refractivity contribution in [3.05, 3.63) is 0 Å². The molecule has 0 aromatic rings. The highest BCUT2D eigenvalue weighted by Gasteiger charge is 2.39. The van der Waals surface area contributed by atoms with Crippen molar-refractivity contribution in [2.45, 2.75) is 70.9 Å². The van der Waals surface area contributed by atoms with Gasteiger partial charge in [0.05, 0.1) is 5.92 Å². The number of amides is 2. The highest BCUT2D eigenvalue weighted by atomic mass is 16.2. The van der Waals surface area contributed by atoms with Crippen LogP contribution in [0.4, 0.5) is 0 Å². The average Bonchev–Trinajstić information content (AvgIpc) is 2.97. The molecule has 1 saturated carbocycles. The number of hydrogen-bond donors (Lipinski definition) is 1. The Bertz CT molecular complexity index is 359. The molecule has 0 radical (unpaired) electrons. The number of hydrogen-bond acceptors (Lipinski definition) is 2. The molecule has 1 saturated heterocycles. The Labute approximate surface area is 115 Å². The lowest BCUT2D eigenvalue weighted by Gasteiger charge is -2.27. The van der Waals surface area contributed by atoms with E-state index in [0.717, 1.165) is 19.3 Å². The maximum Gasteiger partial charge on any atom is 0.225 e. The van der Waals surface area contributed by atoms with E-state index in [-0.39, 0.29) is 23.3 Å². The molecular formula is C15H26N2O2. The minimum Gasteiger partial charge on any atom is -0.351 e. The van der Waals surface area contributed by atoms with Gasteiger partial charge in [0.25, 0.3) is 0 Å². The van der Waals surface area contributed by atoms with Crippen molar-refractivity contribution < 1.29 is 9.59 Å². The molecule has 1 atom stereocenters. The Morgan fingerprint density at radius 1 is 1.37 bits per heavy atom. The van der Waals surface area contributed by atoms with Gasteiger partial charge in [-0.15, -0.1) is 0 Å². The molecule has 4 nitrogen and oxygen atoms in total. The first-order valence-corrected chi connectivity index (χ1v) is 7.54. The van der Waals surface area contributed by atoms with Crippen molar-refractivity contribution in [1.82, 2.24) is 10.2 Å². The lowest BCUT2D eigenvalue weighted by Crippen LogP contribution is -2.46. The summed E-state index contributed by atoms with van der Waals surface area (Å²) < 4.78 is 0. The molecule has 2 amide bonds. The number of nitrogens with zero attached hydrogens (tertiary/aromatic N) is 1. The van der Waals surface area contributed by atoms with Crippen LogP contribution in [-0.2, 0) is 9.59 Å². The molecule has 0 unspecified atom stereocenters. The molecule has 1 N–H and O–H groups in total. The van der Waals surface area contributed by atoms with E-state index in [2.05, 4.69) is 12.2 Å². The minimum atomic E-state index is -0.180. The van der Waals surface area contributed by atoms with Gasteiger partial charge in [0, 0.05) is 24.5 Å². The predicted molar refractivity (Wildman–Crippen MR) is 74.6 cm³/mol. The summed E-state index contributed by atoms with van der Waals surface area (Å²) in [5.74, 6) is 0.0565. The summed E-state index contributed by atoms with van der Waals surface area (Å²) >= 11 is 0. The van der Waals surface area contributed by atoms with Gasteiger partial charge < -0.3 is 10.2 Å². The molecule has 2 fully saturated rings. The van der Waals surface area contributed by atoms with Gasteiger partial charge in [0.15, 0.2) is 0 Å². The van der Waals surface area contributed by atoms with Gasteiger partial charge in [-0.25, -0.2) is 0 Å². The number of rotatable bonds is 4. The summed E-state index contributed by atoms with van der Waals surface area (Å²) in [5, 5.41) is 3.06. The number of nitrogens with one attached hydrogen (secondary N) is 1. The van der Waals surface area contributed by atoms with Crippen LogP contribution in [0.25, 0.3) is 0 Å². The smallest absolute Gasteiger partial charge is 0.225 e. The summed E-state index contributed by atoms with van der Waals surface area (Å²) in [7, 11) is 0. The van der Waals surface area contributed by atoms with Gasteiger partial charge >= 0.3 is 0 Å². The van der Waals surface area contributed by atoms with E-state index in [1.54, 1.807) is 0 Å². The fraction of sp³-hybridized carbons (Fsp3) is 0.867. The summed E-state index contributed by atoms with van der Waals surface area (Å²) in [4.78, 5) is 26.2. The third-order valence-electron chi connectivity index (χ3n) is 4.64. The van der Waals surface area contributed by atoms with Crippen molar-refractivity contribution in [1.29, 1.82) is 0 Å². The lowest BCUT2D eigenvalue weighted by molar-refractivity contribution is -0.130. The van der Waals surface area contributed by atoms with Crippen LogP contribution in [-0.4, -0.2) is 34.8 Å². The van der Waals surface area contributed by atoms with Crippen molar-refractivity contribution >= 4 is 11.8 Å². The van der Waals surface area contributed by atoms with E-state index in [0.29, 0.717) is 19.0 Å². The highest BCUT2D eigenvalue weighted by molar-refractivity contribution is 5.89. The van der Waals surface area contributed by atoms with Crippen molar-refractivity contribution in [3.63, 3.8) is 0 Å². The van der Waals surface area contributed by atoms with Crippen molar-refractivity contribution in [2.75, 3.05) is 6.54 Å². The second-order valence-electron chi connectivity index (χ2n) is 6.61. The van der Waals surface area contributed by atoms with Crippen LogP contribution < -0.4 is 5.32 Å². The van der Waals surface area contributed by atoms with E-state index in [1.807, 2.05) is 18.7 Å². The van der Waals surface area contributed by atoms with Gasteiger partial charge in [-0.1, -0.05) is 19.8 Å². The predicted octanol–water partition coefficient (Wildman–Crippen LogP) is 2.08. The van der Waals surface area contributed by atoms with Crippen molar-refractivity contribution in [3.8, 4) is 0 Å². The second-order valence-corrected chi connectivity index (χ2v) is 6.61. The Morgan fingerprint density at radius 3 is 2.58 bits per heavy atom. The third-order valence-corrected chi connectivity index (χ3v) is 4.64. The largest absolute Gasteiger partial charge is 0.351 e. The van der Waals surface area contributed by atoms with Gasteiger partial charge in [0.2, 0.25) is 11.8 Å². The molecule has 1 aliphatic heterocycles. The second kappa shape index (κ2) is 5.51. The Morgan fingerprint density at radius 2 is 2.00 bits per heavy atom. The summed E-state index contributed by atoms with van der Waals surface area (Å²) in [6.45, 7) is 6.73. The van der Waals surface area contributed by atoms with Crippen LogP contribution in [0, 0.1) is 5.92 Å². The van der Waals surface area contributed by atoms with E-state index in [9.17, 15) is 9.59 Å². The van der Waals surface area contributed by atoms with E-state index in [1.165, 1.54) is 12.8 Å². The molecule has 4 heteroatoms. The van der Waals surface area contributed by atoms with Crippen LogP contribution >= 0.6 is 0 Å². The van der Waals surface area contributed by atoms with Crippen LogP contribution in [0.1, 0.15) is 59.3 Å². The fourth-order valence-electron chi connectivity index (χ4n) is 3.00. The van der Waals surface area contributed by atoms with Crippen LogP contribution in [0.15, 0.2) is 0 Å². The summed E-state index contributed by atoms with van der Waals surface area (Å²) in [6, 6.07) is 0.393. The first-order valence-electron chi connectivity index (χ1n) is 7.54. The molecule has 108 valence electrons. The zero-order valence-electron chi connectivity index (χ0n) is 12.4. The molecular weight excluding hydrogens is 240 g/mol. The Kier molecular flexibility index (Phi) is 4.16. The molecule has 1 aliphatic carbocycles. The molecule has 19 heavy (non-hydrogen) atoms. The standard InChI is InChI=1S/C15H26N2O2/c1-4-15(2,3)16-14(19)11-9-13(18)17(10-11)12-7-5-6-8-12/h11-12H,4-10H2,1-3H3,(H,16,19)/t11-/m0/s1. The minimum absolute atomic E-state index is 0.0423. The van der Waals surface area contributed by atoms with Gasteiger partial charge in [-0.3, -0.25) is 9.59 Å². The first-order chi connectivity index (χ1) is 8.93. The Balaban J connectivity index is 1.93. The van der Waals surface area contributed by atoms with Crippen molar-refractivity contribution in [2.24, 2.45) is 5.92 Å². The molecule has 0 aromatic heterocycles. The zero-order chi connectivity index (χ0) is 14.0. The van der Waals surface area contributed by atoms with Crippen LogP contribution in [0.5, 0.6) is 0 Å². The van der Waals surface area contributed by atoms with E-state index >= 15 is 0 Å². The number of likely N-dealkylation sites (tertiary alicyclic amines) is 1. The van der Waals surface area contributed by atoms with E-state index < -0.39 is 0 Å². The molecule has 2 rings (SSSR count).